The zero-order valence-corrected chi connectivity index (χ0v) is 12.6. The Kier molecular flexibility index (Phi) is 5.06. The summed E-state index contributed by atoms with van der Waals surface area (Å²) < 4.78 is 21.2. The number of nitrogens with zero attached hydrogens (tertiary/aromatic N) is 1. The van der Waals surface area contributed by atoms with Crippen LogP contribution >= 0.6 is 0 Å². The van der Waals surface area contributed by atoms with Crippen molar-refractivity contribution in [3.63, 3.8) is 0 Å². The summed E-state index contributed by atoms with van der Waals surface area (Å²) in [6, 6.07) is 0. The largest absolute Gasteiger partial charge is 0.479 e. The third-order valence-corrected chi connectivity index (χ3v) is 4.31. The van der Waals surface area contributed by atoms with Crippen LogP contribution in [-0.2, 0) is 28.6 Å². The Balaban J connectivity index is 1.64. The van der Waals surface area contributed by atoms with Gasteiger partial charge in [0.1, 0.15) is 36.6 Å². The van der Waals surface area contributed by atoms with E-state index in [1.165, 1.54) is 0 Å². The second kappa shape index (κ2) is 6.95. The molecule has 0 aromatic heterocycles. The Morgan fingerprint density at radius 2 is 1.64 bits per heavy atom. The van der Waals surface area contributed by atoms with Crippen LogP contribution < -0.4 is 0 Å². The molecule has 3 fully saturated rings. The van der Waals surface area contributed by atoms with Crippen LogP contribution in [0.5, 0.6) is 0 Å². The van der Waals surface area contributed by atoms with E-state index in [-0.39, 0.29) is 13.2 Å². The van der Waals surface area contributed by atoms with Gasteiger partial charge in [0.05, 0.1) is 13.2 Å². The molecule has 0 unspecified atom stereocenters. The first-order chi connectivity index (χ1) is 11.8. The Bertz CT molecular complexity index is 530. The fourth-order valence-electron chi connectivity index (χ4n) is 3.08. The van der Waals surface area contributed by atoms with Crippen molar-refractivity contribution in [3.8, 4) is 0 Å². The zero-order valence-electron chi connectivity index (χ0n) is 12.6. The molecule has 0 bridgehead atoms. The molecule has 0 spiro atoms. The molecule has 0 aromatic rings. The maximum absolute atomic E-state index is 11.1. The molecule has 4 N–H and O–H groups in total. The van der Waals surface area contributed by atoms with E-state index >= 15 is 0 Å². The average Bonchev–Trinajstić information content (AvgIpc) is 3.11. The standard InChI is InChI=1S/C12H17NO12/c14-5-6(15)10(11(17)18)24-12(7(5)16)23-3-1-21-9-4(25-13(19)20)2-22-8(3)9/h3-10,12,14-16H,1-2H2,(H,17,18)/t3-,4+,5+,6+,7-,8-,9-,10+,12-/m1/s1. The van der Waals surface area contributed by atoms with Crippen molar-refractivity contribution in [3.05, 3.63) is 10.1 Å². The van der Waals surface area contributed by atoms with E-state index in [2.05, 4.69) is 4.84 Å². The lowest BCUT2D eigenvalue weighted by Gasteiger charge is -2.39. The predicted molar refractivity (Wildman–Crippen MR) is 70.5 cm³/mol. The van der Waals surface area contributed by atoms with Gasteiger partial charge in [0, 0.05) is 0 Å². The Hall–Kier alpha value is -1.61. The molecular weight excluding hydrogens is 350 g/mol. The number of rotatable bonds is 5. The van der Waals surface area contributed by atoms with Crippen LogP contribution in [-0.4, -0.2) is 99.8 Å². The molecule has 0 amide bonds. The summed E-state index contributed by atoms with van der Waals surface area (Å²) in [7, 11) is 0. The minimum atomic E-state index is -1.83. The van der Waals surface area contributed by atoms with Crippen molar-refractivity contribution >= 4 is 5.97 Å². The average molecular weight is 367 g/mol. The number of aliphatic hydroxyl groups excluding tert-OH is 3. The molecule has 3 aliphatic heterocycles. The van der Waals surface area contributed by atoms with E-state index < -0.39 is 66.2 Å². The second-order valence-electron chi connectivity index (χ2n) is 5.87. The lowest BCUT2D eigenvalue weighted by atomic mass is 9.99. The summed E-state index contributed by atoms with van der Waals surface area (Å²) in [5.74, 6) is -1.54. The van der Waals surface area contributed by atoms with E-state index in [9.17, 15) is 30.2 Å². The number of aliphatic hydroxyl groups is 3. The van der Waals surface area contributed by atoms with Crippen LogP contribution in [0.4, 0.5) is 0 Å². The summed E-state index contributed by atoms with van der Waals surface area (Å²) in [5, 5.41) is 47.8. The number of carboxylic acids is 1. The van der Waals surface area contributed by atoms with Gasteiger partial charge in [-0.1, -0.05) is 0 Å². The molecule has 0 aliphatic carbocycles. The van der Waals surface area contributed by atoms with Gasteiger partial charge in [-0.3, -0.25) is 0 Å². The number of carboxylic acid groups (broad SMARTS) is 1. The smallest absolute Gasteiger partial charge is 0.335 e. The lowest BCUT2D eigenvalue weighted by molar-refractivity contribution is -0.769. The molecular formula is C12H17NO12. The molecule has 25 heavy (non-hydrogen) atoms. The van der Waals surface area contributed by atoms with Crippen LogP contribution in [0.3, 0.4) is 0 Å². The maximum atomic E-state index is 11.1. The summed E-state index contributed by atoms with van der Waals surface area (Å²) in [6.07, 6.45) is -12.0. The van der Waals surface area contributed by atoms with Crippen LogP contribution in [0.2, 0.25) is 0 Å². The van der Waals surface area contributed by atoms with Gasteiger partial charge in [0.15, 0.2) is 18.5 Å². The van der Waals surface area contributed by atoms with Gasteiger partial charge < -0.3 is 44.2 Å². The highest BCUT2D eigenvalue weighted by Crippen LogP contribution is 2.33. The van der Waals surface area contributed by atoms with Crippen molar-refractivity contribution in [1.29, 1.82) is 0 Å². The van der Waals surface area contributed by atoms with E-state index in [4.69, 9.17) is 24.1 Å². The van der Waals surface area contributed by atoms with Crippen LogP contribution in [0.25, 0.3) is 0 Å². The summed E-state index contributed by atoms with van der Waals surface area (Å²) >= 11 is 0. The molecule has 13 heteroatoms. The van der Waals surface area contributed by atoms with Gasteiger partial charge in [-0.05, 0) is 0 Å². The summed E-state index contributed by atoms with van der Waals surface area (Å²) in [6.45, 7) is -0.181. The Morgan fingerprint density at radius 1 is 1.04 bits per heavy atom. The van der Waals surface area contributed by atoms with Crippen molar-refractivity contribution < 1.29 is 54.1 Å². The Labute approximate surface area is 139 Å². The van der Waals surface area contributed by atoms with E-state index in [1.807, 2.05) is 0 Å². The fourth-order valence-corrected chi connectivity index (χ4v) is 3.08. The molecule has 0 saturated carbocycles. The molecule has 3 rings (SSSR count). The minimum absolute atomic E-state index is 0.0735. The lowest BCUT2D eigenvalue weighted by Crippen LogP contribution is -2.61. The SMILES string of the molecule is O=C(O)[C@H]1O[C@@H](O[C@@H]2CO[C@H]3[C@@H]2OC[C@@H]3O[N+](=O)[O-])[C@H](O)[C@@H](O)[C@@H]1O. The summed E-state index contributed by atoms with van der Waals surface area (Å²) in [4.78, 5) is 25.9. The fraction of sp³-hybridized carbons (Fsp3) is 0.917. The van der Waals surface area contributed by atoms with Crippen molar-refractivity contribution in [2.75, 3.05) is 13.2 Å². The van der Waals surface area contributed by atoms with Gasteiger partial charge in [0.25, 0.3) is 5.09 Å². The van der Waals surface area contributed by atoms with Crippen LogP contribution in [0.1, 0.15) is 0 Å². The second-order valence-corrected chi connectivity index (χ2v) is 5.87. The predicted octanol–water partition coefficient (Wildman–Crippen LogP) is -3.36. The first-order valence-corrected chi connectivity index (χ1v) is 7.42. The summed E-state index contributed by atoms with van der Waals surface area (Å²) in [5.41, 5.74) is 0. The molecule has 142 valence electrons. The monoisotopic (exact) mass is 367 g/mol. The third kappa shape index (κ3) is 3.39. The highest BCUT2D eigenvalue weighted by Gasteiger charge is 2.53. The number of fused-ring (bicyclic) bond motifs is 1. The van der Waals surface area contributed by atoms with Crippen molar-refractivity contribution in [2.45, 2.75) is 55.1 Å². The molecule has 13 nitrogen and oxygen atoms in total. The Morgan fingerprint density at radius 3 is 2.24 bits per heavy atom. The van der Waals surface area contributed by atoms with Gasteiger partial charge >= 0.3 is 5.97 Å². The number of hydrogen-bond acceptors (Lipinski definition) is 11. The zero-order chi connectivity index (χ0) is 18.3. The van der Waals surface area contributed by atoms with Crippen molar-refractivity contribution in [2.24, 2.45) is 0 Å². The quantitative estimate of drug-likeness (QED) is 0.279. The van der Waals surface area contributed by atoms with E-state index in [1.54, 1.807) is 0 Å². The molecule has 9 atom stereocenters. The highest BCUT2D eigenvalue weighted by molar-refractivity contribution is 5.73. The molecule has 0 aromatic carbocycles. The number of aliphatic carboxylic acids is 1. The highest BCUT2D eigenvalue weighted by atomic mass is 17.0. The van der Waals surface area contributed by atoms with E-state index in [0.29, 0.717) is 0 Å². The first kappa shape index (κ1) is 18.2. The van der Waals surface area contributed by atoms with Gasteiger partial charge in [-0.2, -0.15) is 0 Å². The number of hydrogen-bond donors (Lipinski definition) is 4. The van der Waals surface area contributed by atoms with E-state index in [0.717, 1.165) is 0 Å². The van der Waals surface area contributed by atoms with Gasteiger partial charge in [-0.15, -0.1) is 10.1 Å². The molecule has 3 aliphatic rings. The van der Waals surface area contributed by atoms with Crippen molar-refractivity contribution in [1.82, 2.24) is 0 Å². The number of carbonyl (C=O) groups is 1. The third-order valence-electron chi connectivity index (χ3n) is 4.31. The van der Waals surface area contributed by atoms with Crippen LogP contribution in [0, 0.1) is 10.1 Å². The molecule has 0 radical (unpaired) electrons. The normalized spacial score (nSPS) is 46.6. The molecule has 3 heterocycles. The number of ether oxygens (including phenoxy) is 4. The molecule has 3 saturated heterocycles. The maximum Gasteiger partial charge on any atom is 0.335 e. The topological polar surface area (TPSA) is 187 Å². The van der Waals surface area contributed by atoms with Gasteiger partial charge in [0.2, 0.25) is 0 Å². The first-order valence-electron chi connectivity index (χ1n) is 7.42. The van der Waals surface area contributed by atoms with Crippen LogP contribution in [0.15, 0.2) is 0 Å². The van der Waals surface area contributed by atoms with Gasteiger partial charge in [-0.25, -0.2) is 4.79 Å². The minimum Gasteiger partial charge on any atom is -0.479 e.